The molecule has 1 aliphatic rings. The zero-order chi connectivity index (χ0) is 37.7. The van der Waals surface area contributed by atoms with Crippen LogP contribution in [0, 0.1) is 0 Å². The van der Waals surface area contributed by atoms with Crippen LogP contribution >= 0.6 is 0 Å². The van der Waals surface area contributed by atoms with Crippen LogP contribution in [0.1, 0.15) is 142 Å². The molecule has 0 radical (unpaired) electrons. The fourth-order valence-corrected chi connectivity index (χ4v) is 5.74. The fourth-order valence-electron chi connectivity index (χ4n) is 5.74. The molecule has 14 heteroatoms. The Kier molecular flexibility index (Phi) is 31.6. The molecule has 1 aliphatic heterocycles. The van der Waals surface area contributed by atoms with Gasteiger partial charge in [0.25, 0.3) is 0 Å². The molecule has 0 aliphatic carbocycles. The zero-order valence-electron chi connectivity index (χ0n) is 30.8. The van der Waals surface area contributed by atoms with Crippen molar-refractivity contribution in [3.8, 4) is 0 Å². The summed E-state index contributed by atoms with van der Waals surface area (Å²) in [6, 6.07) is 0. The molecule has 0 aromatic rings. The van der Waals surface area contributed by atoms with Gasteiger partial charge in [0.1, 0.15) is 48.8 Å². The van der Waals surface area contributed by atoms with Gasteiger partial charge in [-0.05, 0) is 25.7 Å². The van der Waals surface area contributed by atoms with Gasteiger partial charge in [0.15, 0.2) is 18.9 Å². The highest BCUT2D eigenvalue weighted by atomic mass is 16.7. The van der Waals surface area contributed by atoms with Gasteiger partial charge in [0.2, 0.25) is 0 Å². The van der Waals surface area contributed by atoms with Crippen molar-refractivity contribution in [2.45, 2.75) is 210 Å². The largest absolute Gasteiger partial charge is 0.394 e. The maximum Gasteiger partial charge on any atom is 0.187 e. The van der Waals surface area contributed by atoms with Crippen molar-refractivity contribution in [2.24, 2.45) is 0 Å². The molecule has 1 rings (SSSR count). The van der Waals surface area contributed by atoms with Crippen LogP contribution in [0.3, 0.4) is 0 Å². The third-order valence-electron chi connectivity index (χ3n) is 9.05. The van der Waals surface area contributed by atoms with E-state index in [2.05, 4.69) is 13.8 Å². The molecule has 50 heavy (non-hydrogen) atoms. The van der Waals surface area contributed by atoms with Gasteiger partial charge in [-0.1, -0.05) is 117 Å². The Morgan fingerprint density at radius 2 is 0.920 bits per heavy atom. The molecule has 0 saturated carbocycles. The number of rotatable bonds is 30. The topological polar surface area (TPSA) is 250 Å². The Balaban J connectivity index is 0.000000971. The van der Waals surface area contributed by atoms with Crippen LogP contribution in [-0.2, 0) is 14.2 Å². The van der Waals surface area contributed by atoms with E-state index in [1.54, 1.807) is 0 Å². The summed E-state index contributed by atoms with van der Waals surface area (Å²) in [6.07, 6.45) is 7.52. The van der Waals surface area contributed by atoms with Crippen LogP contribution in [-0.4, -0.2) is 144 Å². The van der Waals surface area contributed by atoms with Crippen molar-refractivity contribution in [3.63, 3.8) is 0 Å². The van der Waals surface area contributed by atoms with E-state index in [1.165, 1.54) is 89.9 Å². The Morgan fingerprint density at radius 1 is 0.520 bits per heavy atom. The zero-order valence-corrected chi connectivity index (χ0v) is 30.8. The van der Waals surface area contributed by atoms with E-state index >= 15 is 0 Å². The summed E-state index contributed by atoms with van der Waals surface area (Å²) in [4.78, 5) is 0. The van der Waals surface area contributed by atoms with Crippen molar-refractivity contribution >= 4 is 0 Å². The van der Waals surface area contributed by atoms with Crippen LogP contribution in [0.15, 0.2) is 0 Å². The van der Waals surface area contributed by atoms with Crippen LogP contribution in [0.25, 0.3) is 0 Å². The summed E-state index contributed by atoms with van der Waals surface area (Å²) >= 11 is 0. The molecule has 0 bridgehead atoms. The van der Waals surface area contributed by atoms with Gasteiger partial charge < -0.3 is 70.4 Å². The third-order valence-corrected chi connectivity index (χ3v) is 9.05. The summed E-state index contributed by atoms with van der Waals surface area (Å²) in [5, 5.41) is 105. The van der Waals surface area contributed by atoms with Crippen molar-refractivity contribution in [3.05, 3.63) is 0 Å². The van der Waals surface area contributed by atoms with E-state index in [0.29, 0.717) is 12.8 Å². The average molecular weight is 731 g/mol. The van der Waals surface area contributed by atoms with Gasteiger partial charge in [-0.15, -0.1) is 0 Å². The summed E-state index contributed by atoms with van der Waals surface area (Å²) < 4.78 is 15.5. The highest BCUT2D eigenvalue weighted by Gasteiger charge is 2.46. The highest BCUT2D eigenvalue weighted by Crippen LogP contribution is 2.25. The molecule has 11 atom stereocenters. The van der Waals surface area contributed by atoms with E-state index in [1.807, 2.05) is 0 Å². The van der Waals surface area contributed by atoms with E-state index in [-0.39, 0.29) is 0 Å². The maximum absolute atomic E-state index is 9.88. The SMILES string of the molecule is CCCCCCCCCCCC(O)OC(O)CCCCCCCCCCC.OC[C@@H](O)[C@@H](O[C@H]1O[C@H](CO)[C@@H](O)[C@H](O)[C@H]1O)[C@H](O)[C@@H](O)CO. The molecular formula is C36H74O14. The van der Waals surface area contributed by atoms with Gasteiger partial charge >= 0.3 is 0 Å². The van der Waals surface area contributed by atoms with Crippen molar-refractivity contribution < 1.29 is 70.4 Å². The quantitative estimate of drug-likeness (QED) is 0.0372. The third kappa shape index (κ3) is 22.5. The van der Waals surface area contributed by atoms with Crippen molar-refractivity contribution in [1.29, 1.82) is 0 Å². The minimum absolute atomic E-state index is 0.644. The molecule has 1 saturated heterocycles. The molecular weight excluding hydrogens is 656 g/mol. The molecule has 1 fully saturated rings. The smallest absolute Gasteiger partial charge is 0.187 e. The lowest BCUT2D eigenvalue weighted by atomic mass is 9.98. The molecule has 0 aromatic carbocycles. The monoisotopic (exact) mass is 731 g/mol. The molecule has 2 unspecified atom stereocenters. The molecule has 302 valence electrons. The maximum atomic E-state index is 9.88. The molecule has 0 spiro atoms. The Labute approximate surface area is 300 Å². The summed E-state index contributed by atoms with van der Waals surface area (Å²) in [7, 11) is 0. The molecule has 0 aromatic heterocycles. The standard InChI is InChI=1S/C24H50O3.C12H24O11/c1-3-5-7-9-11-13-15-17-19-21-23(25)27-24(26)22-20-18-16-14-12-10-8-6-4-2;13-1-4(16)7(18)11(5(17)2-14)23-12-10(21)9(20)8(19)6(3-15)22-12/h23-26H,3-22H2,1-2H3;4-21H,1-3H2/t;4-,5+,6+,7+,8+,9-,10+,11+,12+/m.0/s1. The van der Waals surface area contributed by atoms with Gasteiger partial charge in [-0.2, -0.15) is 0 Å². The molecule has 0 amide bonds. The van der Waals surface area contributed by atoms with Crippen molar-refractivity contribution in [2.75, 3.05) is 19.8 Å². The summed E-state index contributed by atoms with van der Waals surface area (Å²) in [5.41, 5.74) is 0. The molecule has 11 N–H and O–H groups in total. The van der Waals surface area contributed by atoms with Crippen LogP contribution < -0.4 is 0 Å². The Morgan fingerprint density at radius 3 is 1.30 bits per heavy atom. The lowest BCUT2D eigenvalue weighted by Gasteiger charge is -2.42. The minimum Gasteiger partial charge on any atom is -0.394 e. The van der Waals surface area contributed by atoms with E-state index in [0.717, 1.165) is 25.7 Å². The predicted molar refractivity (Wildman–Crippen MR) is 188 cm³/mol. The lowest BCUT2D eigenvalue weighted by Crippen LogP contribution is -2.61. The first-order valence-corrected chi connectivity index (χ1v) is 19.2. The Bertz CT molecular complexity index is 709. The minimum atomic E-state index is -1.85. The fraction of sp³-hybridized carbons (Fsp3) is 1.00. The van der Waals surface area contributed by atoms with Gasteiger partial charge in [0.05, 0.1) is 19.8 Å². The van der Waals surface area contributed by atoms with Crippen LogP contribution in [0.5, 0.6) is 0 Å². The van der Waals surface area contributed by atoms with E-state index in [4.69, 9.17) is 29.5 Å². The predicted octanol–water partition coefficient (Wildman–Crippen LogP) is 1.72. The first-order valence-electron chi connectivity index (χ1n) is 19.2. The second kappa shape index (κ2) is 31.9. The number of aliphatic hydroxyl groups excluding tert-OH is 11. The highest BCUT2D eigenvalue weighted by molar-refractivity contribution is 4.91. The van der Waals surface area contributed by atoms with E-state index < -0.39 is 87.5 Å². The lowest BCUT2D eigenvalue weighted by molar-refractivity contribution is -0.327. The molecule has 14 nitrogen and oxygen atoms in total. The van der Waals surface area contributed by atoms with Gasteiger partial charge in [-0.3, -0.25) is 0 Å². The second-order valence-electron chi connectivity index (χ2n) is 13.6. The Hall–Kier alpha value is -0.560. The van der Waals surface area contributed by atoms with Gasteiger partial charge in [-0.25, -0.2) is 0 Å². The number of unbranched alkanes of at least 4 members (excludes halogenated alkanes) is 16. The second-order valence-corrected chi connectivity index (χ2v) is 13.6. The number of aliphatic hydroxyl groups is 11. The van der Waals surface area contributed by atoms with Crippen LogP contribution in [0.2, 0.25) is 0 Å². The summed E-state index contributed by atoms with van der Waals surface area (Å²) in [5.74, 6) is 0. The summed E-state index contributed by atoms with van der Waals surface area (Å²) in [6.45, 7) is 2.05. The number of ether oxygens (including phenoxy) is 3. The first kappa shape index (κ1) is 49.4. The normalized spacial score (nSPS) is 24.5. The first-order chi connectivity index (χ1) is 24.0. The van der Waals surface area contributed by atoms with Gasteiger partial charge in [0, 0.05) is 0 Å². The number of hydrogen-bond acceptors (Lipinski definition) is 14. The van der Waals surface area contributed by atoms with E-state index in [9.17, 15) is 40.9 Å². The molecule has 1 heterocycles. The number of hydrogen-bond donors (Lipinski definition) is 11. The average Bonchev–Trinajstić information content (AvgIpc) is 3.11. The van der Waals surface area contributed by atoms with Crippen molar-refractivity contribution in [1.82, 2.24) is 0 Å². The van der Waals surface area contributed by atoms with Crippen LogP contribution in [0.4, 0.5) is 0 Å².